The van der Waals surface area contributed by atoms with Crippen molar-refractivity contribution >= 4 is 72.5 Å². The van der Waals surface area contributed by atoms with E-state index in [1.54, 1.807) is 0 Å². The van der Waals surface area contributed by atoms with Crippen LogP contribution in [0.3, 0.4) is 0 Å². The predicted octanol–water partition coefficient (Wildman–Crippen LogP) is 17.5. The van der Waals surface area contributed by atoms with Gasteiger partial charge in [0.1, 0.15) is 0 Å². The van der Waals surface area contributed by atoms with Crippen LogP contribution in [0, 0.1) is 80.1 Å². The molecule has 5 aromatic rings. The predicted molar refractivity (Wildman–Crippen MR) is 329 cm³/mol. The Morgan fingerprint density at radius 1 is 0.244 bits per heavy atom. The molecule has 14 nitrogen and oxygen atoms in total. The molecule has 2 N–H and O–H groups in total. The minimum atomic E-state index is -10.7. The van der Waals surface area contributed by atoms with E-state index in [2.05, 4.69) is 199 Å². The first-order valence-electron chi connectivity index (χ1n) is 28.6. The molecule has 0 unspecified atom stereocenters. The number of halogens is 12. The van der Waals surface area contributed by atoms with Gasteiger partial charge in [0.05, 0.1) is 49.3 Å². The summed E-state index contributed by atoms with van der Waals surface area (Å²) >= 11 is 0. The molecule has 0 bridgehead atoms. The Morgan fingerprint density at radius 2 is 0.367 bits per heavy atom. The number of nitriles is 6. The van der Waals surface area contributed by atoms with Crippen LogP contribution in [0.2, 0.25) is 0 Å². The Morgan fingerprint density at radius 3 is 0.489 bits per heavy atom. The number of benzene rings is 5. The zero-order valence-corrected chi connectivity index (χ0v) is 51.1. The third-order valence-corrected chi connectivity index (χ3v) is 13.0. The first-order chi connectivity index (χ1) is 42.3. The van der Waals surface area contributed by atoms with Crippen LogP contribution in [0.25, 0.3) is 0 Å². The zero-order valence-electron chi connectivity index (χ0n) is 49.3. The number of anilines is 10. The van der Waals surface area contributed by atoms with Crippen molar-refractivity contribution in [3.05, 3.63) is 121 Å². The molecule has 0 saturated carbocycles. The number of unbranched alkanes of at least 4 members (excludes halogenated alkanes) is 8. The third kappa shape index (κ3) is 32.7. The number of nitrogens with one attached hydrogen (secondary N) is 2. The van der Waals surface area contributed by atoms with Gasteiger partial charge in [-0.3, -0.25) is 0 Å². The van der Waals surface area contributed by atoms with E-state index in [4.69, 9.17) is 10.5 Å². The SMILES string of the molecule is F[P-](F)(F)(F)(F)F.F[P-](F)(F)(F)(F)F.N#CCCCN(CCCC#N)c1ccc(N(c2ccc(N(CCCC#N)CCCC#N)cc2)c2ccc(N(c3ccc(N(CCCC#N)CCCC#N)cc3)c3ccc(N(CCCC#[NH+])CCCC#[NH+])cc3)cc2)cc1. The Bertz CT molecular complexity index is 2860. The fourth-order valence-electron chi connectivity index (χ4n) is 9.19. The van der Waals surface area contributed by atoms with E-state index in [1.807, 2.05) is 0 Å². The largest absolute Gasteiger partial charge is 0.371 e. The Kier molecular flexibility index (Phi) is 28.4. The van der Waals surface area contributed by atoms with Gasteiger partial charge < -0.3 is 29.4 Å². The normalized spacial score (nSPS) is 12.2. The van der Waals surface area contributed by atoms with E-state index in [1.165, 1.54) is 0 Å². The second kappa shape index (κ2) is 34.0. The molecule has 482 valence electrons. The summed E-state index contributed by atoms with van der Waals surface area (Å²) in [6, 6.07) is 61.0. The number of rotatable bonds is 34. The monoisotopic (exact) mass is 1300 g/mol. The van der Waals surface area contributed by atoms with Gasteiger partial charge in [-0.05, 0) is 173 Å². The van der Waals surface area contributed by atoms with Gasteiger partial charge in [-0.25, -0.2) is 0 Å². The molecule has 28 heteroatoms. The van der Waals surface area contributed by atoms with E-state index in [0.717, 1.165) is 121 Å². The van der Waals surface area contributed by atoms with Crippen LogP contribution in [0.4, 0.5) is 107 Å². The minimum Gasteiger partial charge on any atom is -0.371 e. The topological polar surface area (TPSA) is 210 Å². The molecule has 0 aliphatic heterocycles. The van der Waals surface area contributed by atoms with Gasteiger partial charge in [-0.2, -0.15) is 31.6 Å². The van der Waals surface area contributed by atoms with Crippen molar-refractivity contribution in [2.75, 3.05) is 81.8 Å². The fraction of sp³-hybridized carbons (Fsp3) is 0.387. The van der Waals surface area contributed by atoms with Crippen LogP contribution in [0.1, 0.15) is 103 Å². The number of hydrogen-bond donors (Lipinski definition) is 2. The molecule has 0 aliphatic carbocycles. The number of nitrogens with zero attached hydrogens (tertiary/aromatic N) is 12. The van der Waals surface area contributed by atoms with Crippen LogP contribution in [-0.2, 0) is 0 Å². The summed E-state index contributed by atoms with van der Waals surface area (Å²) in [4.78, 5) is 13.5. The van der Waals surface area contributed by atoms with E-state index in [0.29, 0.717) is 90.6 Å². The summed E-state index contributed by atoms with van der Waals surface area (Å²) in [5, 5.41) is 70.7. The second-order valence-electron chi connectivity index (χ2n) is 20.2. The standard InChI is InChI=1S/C62H68N14.2F6P/c63-37-1-9-45-71(46-10-2-38-64)53-17-25-57(26-18-53)75(58-27-19-54(20-28-58)72(47-11-3-39-65)48-12-4-40-66)61-33-35-62(36-34-61)76(59-29-21-55(22-30-59)73(49-13-5-41-67)50-14-6-42-68)60-31-23-56(24-32-60)74(51-15-7-43-69)52-16-8-44-70;2*1-7(2,3,4,5)6/h17-36H,1-16,45-52H2;;/q;2*-1/p+2. The smallest absolute Gasteiger partial charge is 0.270 e. The molecular formula is C62H70F12N14P2. The van der Waals surface area contributed by atoms with Gasteiger partial charge in [-0.15, -0.1) is 10.5 Å². The Labute approximate surface area is 517 Å². The van der Waals surface area contributed by atoms with Gasteiger partial charge in [-0.1, -0.05) is 0 Å². The van der Waals surface area contributed by atoms with Crippen LogP contribution in [0.5, 0.6) is 0 Å². The van der Waals surface area contributed by atoms with E-state index < -0.39 is 15.6 Å². The second-order valence-corrected chi connectivity index (χ2v) is 24.1. The quantitative estimate of drug-likeness (QED) is 0.0224. The van der Waals surface area contributed by atoms with E-state index in [-0.39, 0.29) is 0 Å². The van der Waals surface area contributed by atoms with Gasteiger partial charge in [0, 0.05) is 148 Å². The van der Waals surface area contributed by atoms with Crippen molar-refractivity contribution in [3.63, 3.8) is 0 Å². The minimum absolute atomic E-state index is 0.457. The van der Waals surface area contributed by atoms with Crippen LogP contribution < -0.4 is 39.9 Å². The van der Waals surface area contributed by atoms with Gasteiger partial charge >= 0.3 is 66.0 Å². The molecule has 90 heavy (non-hydrogen) atoms. The Balaban J connectivity index is 0.00000135. The molecule has 5 aromatic carbocycles. The van der Waals surface area contributed by atoms with Crippen molar-refractivity contribution in [2.45, 2.75) is 103 Å². The average molecular weight is 1300 g/mol. The molecule has 0 fully saturated rings. The van der Waals surface area contributed by atoms with Crippen molar-refractivity contribution in [2.24, 2.45) is 0 Å². The van der Waals surface area contributed by atoms with Gasteiger partial charge in [0.15, 0.2) is 0 Å². The summed E-state index contributed by atoms with van der Waals surface area (Å²) in [5.74, 6) is 0. The van der Waals surface area contributed by atoms with E-state index >= 15 is 0 Å². The molecule has 5 rings (SSSR count). The first-order valence-corrected chi connectivity index (χ1v) is 32.6. The summed E-state index contributed by atoms with van der Waals surface area (Å²) in [7, 11) is -21.3. The van der Waals surface area contributed by atoms with Gasteiger partial charge in [0.2, 0.25) is 0 Å². The molecule has 0 atom stereocenters. The fourth-order valence-corrected chi connectivity index (χ4v) is 9.19. The maximum Gasteiger partial charge on any atom is 0.270 e. The maximum atomic E-state index is 9.87. The molecule has 0 saturated heterocycles. The Hall–Kier alpha value is -9.16. The van der Waals surface area contributed by atoms with Crippen molar-refractivity contribution in [1.29, 1.82) is 31.6 Å². The van der Waals surface area contributed by atoms with Crippen molar-refractivity contribution in [3.8, 4) is 48.6 Å². The number of hydrogen-bond acceptors (Lipinski definition) is 12. The van der Waals surface area contributed by atoms with Crippen LogP contribution in [0.15, 0.2) is 121 Å². The third-order valence-electron chi connectivity index (χ3n) is 13.0. The molecular weight excluding hydrogens is 1230 g/mol. The molecule has 0 aromatic heterocycles. The summed E-state index contributed by atoms with van der Waals surface area (Å²) in [6.07, 6.45) is 9.87. The molecule has 0 radical (unpaired) electrons. The summed E-state index contributed by atoms with van der Waals surface area (Å²) in [5.41, 5.74) is 9.78. The molecule has 0 amide bonds. The average Bonchev–Trinajstić information content (AvgIpc) is 1.25. The first kappa shape index (κ1) is 75.1. The van der Waals surface area contributed by atoms with E-state index in [9.17, 15) is 81.9 Å². The molecule has 0 aliphatic rings. The van der Waals surface area contributed by atoms with Crippen molar-refractivity contribution < 1.29 is 60.9 Å². The maximum absolute atomic E-state index is 10.7. The van der Waals surface area contributed by atoms with Crippen molar-refractivity contribution in [1.82, 2.24) is 0 Å². The zero-order chi connectivity index (χ0) is 66.8. The molecule has 0 heterocycles. The van der Waals surface area contributed by atoms with Gasteiger partial charge in [0.25, 0.3) is 12.1 Å². The van der Waals surface area contributed by atoms with Crippen LogP contribution in [-0.4, -0.2) is 52.4 Å². The summed E-state index contributed by atoms with van der Waals surface area (Å²) < 4.78 is 118. The molecule has 0 spiro atoms. The van der Waals surface area contributed by atoms with Crippen LogP contribution >= 0.6 is 15.6 Å². The summed E-state index contributed by atoms with van der Waals surface area (Å²) in [6.45, 7) is 5.80.